The first-order valence-corrected chi connectivity index (χ1v) is 11.2. The van der Waals surface area contributed by atoms with Crippen LogP contribution in [0.4, 0.5) is 11.5 Å². The van der Waals surface area contributed by atoms with E-state index < -0.39 is 0 Å². The molecule has 0 fully saturated rings. The Labute approximate surface area is 190 Å². The molecule has 0 radical (unpaired) electrons. The van der Waals surface area contributed by atoms with Crippen molar-refractivity contribution in [3.8, 4) is 33.1 Å². The highest BCUT2D eigenvalue weighted by Gasteiger charge is 2.09. The smallest absolute Gasteiger partial charge is 0.134 e. The summed E-state index contributed by atoms with van der Waals surface area (Å²) in [7, 11) is 0. The molecule has 0 bridgehead atoms. The number of rotatable bonds is 5. The molecule has 3 heterocycles. The lowest BCUT2D eigenvalue weighted by Gasteiger charge is -2.10. The molecule has 0 amide bonds. The second kappa shape index (κ2) is 8.69. The molecule has 1 N–H and O–H groups in total. The Hall–Kier alpha value is -3.90. The maximum atomic E-state index is 4.81. The summed E-state index contributed by atoms with van der Waals surface area (Å²) in [6.45, 7) is 3.99. The lowest BCUT2D eigenvalue weighted by atomic mass is 10.1. The van der Waals surface area contributed by atoms with Gasteiger partial charge in [0.05, 0.1) is 11.4 Å². The van der Waals surface area contributed by atoms with E-state index >= 15 is 0 Å². The number of nitrogens with one attached hydrogen (secondary N) is 1. The minimum Gasteiger partial charge on any atom is -0.340 e. The Kier molecular flexibility index (Phi) is 5.44. The number of aryl methyl sites for hydroxylation is 2. The third kappa shape index (κ3) is 4.40. The maximum Gasteiger partial charge on any atom is 0.134 e. The van der Waals surface area contributed by atoms with Crippen molar-refractivity contribution in [2.45, 2.75) is 13.8 Å². The average Bonchev–Trinajstić information content (AvgIpc) is 3.30. The van der Waals surface area contributed by atoms with Crippen LogP contribution in [-0.4, -0.2) is 19.9 Å². The Morgan fingerprint density at radius 3 is 2.34 bits per heavy atom. The molecule has 0 saturated heterocycles. The molecule has 0 unspecified atom stereocenters. The Bertz CT molecular complexity index is 1360. The summed E-state index contributed by atoms with van der Waals surface area (Å²) < 4.78 is 0. The van der Waals surface area contributed by atoms with E-state index in [1.165, 1.54) is 5.56 Å². The normalized spacial score (nSPS) is 10.8. The quantitative estimate of drug-likeness (QED) is 0.333. The third-order valence-electron chi connectivity index (χ3n) is 5.05. The summed E-state index contributed by atoms with van der Waals surface area (Å²) in [5, 5.41) is 6.50. The first-order chi connectivity index (χ1) is 15.6. The zero-order valence-electron chi connectivity index (χ0n) is 17.8. The van der Waals surface area contributed by atoms with Crippen LogP contribution in [0.1, 0.15) is 11.4 Å². The van der Waals surface area contributed by atoms with Crippen molar-refractivity contribution in [2.75, 3.05) is 5.32 Å². The van der Waals surface area contributed by atoms with Crippen molar-refractivity contribution in [2.24, 2.45) is 0 Å². The molecule has 5 rings (SSSR count). The molecule has 0 saturated carbocycles. The molecule has 0 aliphatic rings. The topological polar surface area (TPSA) is 63.6 Å². The van der Waals surface area contributed by atoms with Gasteiger partial charge in [0.25, 0.3) is 0 Å². The van der Waals surface area contributed by atoms with Crippen LogP contribution in [0, 0.1) is 13.8 Å². The first kappa shape index (κ1) is 20.0. The van der Waals surface area contributed by atoms with Crippen molar-refractivity contribution < 1.29 is 0 Å². The zero-order valence-corrected chi connectivity index (χ0v) is 18.6. The predicted octanol–water partition coefficient (Wildman–Crippen LogP) is 6.69. The zero-order chi connectivity index (χ0) is 21.9. The highest BCUT2D eigenvalue weighted by atomic mass is 32.1. The van der Waals surface area contributed by atoms with E-state index in [1.54, 1.807) is 23.7 Å². The number of hydrogen-bond donors (Lipinski definition) is 1. The van der Waals surface area contributed by atoms with Crippen LogP contribution < -0.4 is 5.32 Å². The number of anilines is 2. The summed E-state index contributed by atoms with van der Waals surface area (Å²) in [6.07, 6.45) is 3.57. The van der Waals surface area contributed by atoms with Crippen LogP contribution in [0.25, 0.3) is 33.1 Å². The predicted molar refractivity (Wildman–Crippen MR) is 131 cm³/mol. The Morgan fingerprint density at radius 2 is 1.53 bits per heavy atom. The van der Waals surface area contributed by atoms with Gasteiger partial charge in [-0.25, -0.2) is 15.0 Å². The summed E-state index contributed by atoms with van der Waals surface area (Å²) >= 11 is 1.63. The average molecular weight is 436 g/mol. The van der Waals surface area contributed by atoms with Crippen LogP contribution in [0.2, 0.25) is 0 Å². The summed E-state index contributed by atoms with van der Waals surface area (Å²) in [4.78, 5) is 18.1. The van der Waals surface area contributed by atoms with Crippen molar-refractivity contribution >= 4 is 22.8 Å². The van der Waals surface area contributed by atoms with E-state index in [1.807, 2.05) is 37.3 Å². The fourth-order valence-corrected chi connectivity index (χ4v) is 4.28. The van der Waals surface area contributed by atoms with Crippen molar-refractivity contribution in [1.29, 1.82) is 0 Å². The first-order valence-electron chi connectivity index (χ1n) is 10.3. The summed E-state index contributed by atoms with van der Waals surface area (Å²) in [5.41, 5.74) is 7.23. The number of benzene rings is 2. The fraction of sp³-hybridized carbons (Fsp3) is 0.0769. The molecule has 156 valence electrons. The van der Waals surface area contributed by atoms with Gasteiger partial charge >= 0.3 is 0 Å². The van der Waals surface area contributed by atoms with Gasteiger partial charge in [-0.1, -0.05) is 42.0 Å². The summed E-state index contributed by atoms with van der Waals surface area (Å²) in [5.74, 6) is 1.49. The van der Waals surface area contributed by atoms with E-state index in [4.69, 9.17) is 4.98 Å². The van der Waals surface area contributed by atoms with E-state index in [0.29, 0.717) is 0 Å². The SMILES string of the molecule is Cc1ccc(-c2cc(Nc3cccc(-c4csc(-c5ccncc5)n4)c3)nc(C)n2)cc1. The van der Waals surface area contributed by atoms with Crippen LogP contribution in [0.3, 0.4) is 0 Å². The monoisotopic (exact) mass is 435 g/mol. The van der Waals surface area contributed by atoms with Gasteiger partial charge in [0.1, 0.15) is 16.6 Å². The van der Waals surface area contributed by atoms with Gasteiger partial charge in [0.2, 0.25) is 0 Å². The van der Waals surface area contributed by atoms with Crippen molar-refractivity contribution in [3.63, 3.8) is 0 Å². The number of nitrogens with zero attached hydrogens (tertiary/aromatic N) is 4. The number of aromatic nitrogens is 4. The van der Waals surface area contributed by atoms with Gasteiger partial charge in [-0.15, -0.1) is 11.3 Å². The van der Waals surface area contributed by atoms with Crippen molar-refractivity contribution in [3.05, 3.63) is 95.9 Å². The molecular weight excluding hydrogens is 414 g/mol. The second-order valence-electron chi connectivity index (χ2n) is 7.53. The lowest BCUT2D eigenvalue weighted by Crippen LogP contribution is -1.99. The van der Waals surface area contributed by atoms with Crippen molar-refractivity contribution in [1.82, 2.24) is 19.9 Å². The molecule has 6 heteroatoms. The number of pyridine rings is 1. The Morgan fingerprint density at radius 1 is 0.719 bits per heavy atom. The minimum atomic E-state index is 0.725. The summed E-state index contributed by atoms with van der Waals surface area (Å²) in [6, 6.07) is 22.5. The van der Waals surface area contributed by atoms with Crippen LogP contribution in [0.15, 0.2) is 84.5 Å². The molecule has 5 nitrogen and oxygen atoms in total. The molecule has 0 spiro atoms. The van der Waals surface area contributed by atoms with E-state index in [2.05, 4.69) is 69.0 Å². The van der Waals surface area contributed by atoms with E-state index in [-0.39, 0.29) is 0 Å². The maximum absolute atomic E-state index is 4.81. The fourth-order valence-electron chi connectivity index (χ4n) is 3.44. The largest absolute Gasteiger partial charge is 0.340 e. The van der Waals surface area contributed by atoms with Gasteiger partial charge in [-0.3, -0.25) is 4.98 Å². The molecule has 0 atom stereocenters. The molecular formula is C26H21N5S. The van der Waals surface area contributed by atoms with Crippen LogP contribution in [-0.2, 0) is 0 Å². The molecule has 0 aliphatic heterocycles. The Balaban J connectivity index is 1.41. The van der Waals surface area contributed by atoms with Crippen LogP contribution >= 0.6 is 11.3 Å². The lowest BCUT2D eigenvalue weighted by molar-refractivity contribution is 1.06. The molecule has 3 aromatic heterocycles. The van der Waals surface area contributed by atoms with Gasteiger partial charge in [-0.2, -0.15) is 0 Å². The van der Waals surface area contributed by atoms with Gasteiger partial charge in [-0.05, 0) is 38.1 Å². The number of hydrogen-bond acceptors (Lipinski definition) is 6. The molecule has 2 aromatic carbocycles. The minimum absolute atomic E-state index is 0.725. The molecule has 32 heavy (non-hydrogen) atoms. The highest BCUT2D eigenvalue weighted by molar-refractivity contribution is 7.13. The van der Waals surface area contributed by atoms with Gasteiger partial charge in [0.15, 0.2) is 0 Å². The molecule has 5 aromatic rings. The standard InChI is InChI=1S/C26H21N5S/c1-17-6-8-19(9-7-17)23-15-25(29-18(2)28-23)30-22-5-3-4-21(14-22)24-16-32-26(31-24)20-10-12-27-13-11-20/h3-16H,1-2H3,(H,28,29,30). The number of thiazole rings is 1. The van der Waals surface area contributed by atoms with Gasteiger partial charge in [0, 0.05) is 46.2 Å². The molecule has 0 aliphatic carbocycles. The van der Waals surface area contributed by atoms with Gasteiger partial charge < -0.3 is 5.32 Å². The van der Waals surface area contributed by atoms with Crippen LogP contribution in [0.5, 0.6) is 0 Å². The van der Waals surface area contributed by atoms with E-state index in [0.717, 1.165) is 50.4 Å². The second-order valence-corrected chi connectivity index (χ2v) is 8.39. The highest BCUT2D eigenvalue weighted by Crippen LogP contribution is 2.30. The van der Waals surface area contributed by atoms with E-state index in [9.17, 15) is 0 Å². The third-order valence-corrected chi connectivity index (χ3v) is 5.94.